The monoisotopic (exact) mass is 380 g/mol. The van der Waals surface area contributed by atoms with Crippen molar-refractivity contribution in [2.75, 3.05) is 5.32 Å². The molecule has 144 valence electrons. The molecule has 3 heterocycles. The van der Waals surface area contributed by atoms with E-state index < -0.39 is 0 Å². The highest BCUT2D eigenvalue weighted by atomic mass is 16.5. The number of fused-ring (bicyclic) bond motifs is 3. The molecule has 3 atom stereocenters. The highest BCUT2D eigenvalue weighted by Gasteiger charge is 2.41. The Labute approximate surface area is 172 Å². The molecule has 3 aromatic rings. The first-order valence-corrected chi connectivity index (χ1v) is 10.6. The summed E-state index contributed by atoms with van der Waals surface area (Å²) in [7, 11) is 0. The minimum atomic E-state index is 0.146. The number of hydrogen-bond acceptors (Lipinski definition) is 3. The minimum Gasteiger partial charge on any atom is -0.488 e. The number of nitrogens with zero attached hydrogens (tertiary/aromatic N) is 1. The molecule has 3 aliphatic heterocycles. The molecule has 0 aliphatic carbocycles. The van der Waals surface area contributed by atoms with Gasteiger partial charge < -0.3 is 10.1 Å². The molecule has 0 bridgehead atoms. The second kappa shape index (κ2) is 6.93. The molecule has 3 nitrogen and oxygen atoms in total. The summed E-state index contributed by atoms with van der Waals surface area (Å²) >= 11 is 0. The van der Waals surface area contributed by atoms with Gasteiger partial charge in [-0.25, -0.2) is 0 Å². The van der Waals surface area contributed by atoms with Crippen molar-refractivity contribution in [1.82, 2.24) is 4.90 Å². The van der Waals surface area contributed by atoms with Gasteiger partial charge in [0.2, 0.25) is 0 Å². The lowest BCUT2D eigenvalue weighted by molar-refractivity contribution is 0.0718. The maximum atomic E-state index is 6.44. The van der Waals surface area contributed by atoms with Crippen LogP contribution in [0.3, 0.4) is 0 Å². The van der Waals surface area contributed by atoms with Crippen LogP contribution in [-0.4, -0.2) is 23.2 Å². The number of aryl methyl sites for hydroxylation is 1. The topological polar surface area (TPSA) is 24.5 Å². The SMILES string of the molecule is [C]1c2ccccc2CC(C2Cc3ccccc3O2)N1C1CCc2ccccc2N1. The molecular formula is C26H24N2O. The molecule has 3 aromatic carbocycles. The van der Waals surface area contributed by atoms with E-state index in [2.05, 4.69) is 89.6 Å². The van der Waals surface area contributed by atoms with E-state index in [4.69, 9.17) is 4.74 Å². The molecule has 1 N–H and O–H groups in total. The first-order chi connectivity index (χ1) is 14.3. The van der Waals surface area contributed by atoms with Crippen molar-refractivity contribution in [3.63, 3.8) is 0 Å². The molecule has 0 spiro atoms. The van der Waals surface area contributed by atoms with Gasteiger partial charge in [0.25, 0.3) is 0 Å². The van der Waals surface area contributed by atoms with Gasteiger partial charge in [-0.2, -0.15) is 0 Å². The minimum absolute atomic E-state index is 0.146. The number of hydrogen-bond donors (Lipinski definition) is 1. The van der Waals surface area contributed by atoms with E-state index in [1.807, 2.05) is 0 Å². The second-order valence-corrected chi connectivity index (χ2v) is 8.27. The van der Waals surface area contributed by atoms with Gasteiger partial charge in [0.1, 0.15) is 11.9 Å². The van der Waals surface area contributed by atoms with Crippen molar-refractivity contribution < 1.29 is 4.74 Å². The number of para-hydroxylation sites is 2. The first kappa shape index (κ1) is 17.1. The van der Waals surface area contributed by atoms with Crippen molar-refractivity contribution in [2.45, 2.75) is 44.0 Å². The lowest BCUT2D eigenvalue weighted by Crippen LogP contribution is -2.55. The van der Waals surface area contributed by atoms with E-state index in [-0.39, 0.29) is 18.3 Å². The summed E-state index contributed by atoms with van der Waals surface area (Å²) in [4.78, 5) is 2.43. The maximum Gasteiger partial charge on any atom is 0.123 e. The summed E-state index contributed by atoms with van der Waals surface area (Å²) in [6, 6.07) is 26.0. The fourth-order valence-corrected chi connectivity index (χ4v) is 5.03. The van der Waals surface area contributed by atoms with E-state index in [0.717, 1.165) is 31.4 Å². The number of rotatable bonds is 2. The summed E-state index contributed by atoms with van der Waals surface area (Å²) in [5.41, 5.74) is 6.55. The summed E-state index contributed by atoms with van der Waals surface area (Å²) in [5, 5.41) is 3.78. The quantitative estimate of drug-likeness (QED) is 0.698. The van der Waals surface area contributed by atoms with Crippen molar-refractivity contribution >= 4 is 5.69 Å². The molecule has 3 heteroatoms. The number of ether oxygens (including phenoxy) is 1. The van der Waals surface area contributed by atoms with Crippen LogP contribution in [0.15, 0.2) is 72.8 Å². The zero-order valence-corrected chi connectivity index (χ0v) is 16.3. The third kappa shape index (κ3) is 3.01. The molecule has 0 amide bonds. The molecular weight excluding hydrogens is 356 g/mol. The molecule has 2 radical (unpaired) electrons. The Hall–Kier alpha value is -2.78. The van der Waals surface area contributed by atoms with E-state index in [9.17, 15) is 0 Å². The predicted octanol–water partition coefficient (Wildman–Crippen LogP) is 4.69. The van der Waals surface area contributed by atoms with Crippen LogP contribution >= 0.6 is 0 Å². The Balaban J connectivity index is 1.33. The largest absolute Gasteiger partial charge is 0.488 e. The van der Waals surface area contributed by atoms with Crippen LogP contribution < -0.4 is 10.1 Å². The van der Waals surface area contributed by atoms with E-state index in [1.54, 1.807) is 0 Å². The summed E-state index contributed by atoms with van der Waals surface area (Å²) in [6.45, 7) is 3.74. The van der Waals surface area contributed by atoms with Gasteiger partial charge in [-0.1, -0.05) is 60.7 Å². The average Bonchev–Trinajstić information content (AvgIpc) is 3.22. The summed E-state index contributed by atoms with van der Waals surface area (Å²) in [6.07, 6.45) is 4.49. The number of nitrogens with one attached hydrogen (secondary N) is 1. The molecule has 6 rings (SSSR count). The zero-order chi connectivity index (χ0) is 19.2. The zero-order valence-electron chi connectivity index (χ0n) is 16.3. The van der Waals surface area contributed by atoms with Crippen LogP contribution in [0.2, 0.25) is 0 Å². The van der Waals surface area contributed by atoms with Crippen LogP contribution in [0.1, 0.15) is 28.7 Å². The van der Waals surface area contributed by atoms with Crippen molar-refractivity contribution in [3.8, 4) is 5.75 Å². The van der Waals surface area contributed by atoms with E-state index in [0.29, 0.717) is 0 Å². The van der Waals surface area contributed by atoms with Crippen molar-refractivity contribution in [1.29, 1.82) is 0 Å². The molecule has 3 unspecified atom stereocenters. The number of anilines is 1. The van der Waals surface area contributed by atoms with Crippen LogP contribution in [-0.2, 0) is 19.3 Å². The van der Waals surface area contributed by atoms with Gasteiger partial charge in [-0.15, -0.1) is 0 Å². The lowest BCUT2D eigenvalue weighted by Gasteiger charge is -2.45. The average molecular weight is 380 g/mol. The van der Waals surface area contributed by atoms with Gasteiger partial charge in [0.05, 0.1) is 18.8 Å². The highest BCUT2D eigenvalue weighted by Crippen LogP contribution is 2.38. The Morgan fingerprint density at radius 1 is 0.828 bits per heavy atom. The Bertz CT molecular complexity index is 1020. The van der Waals surface area contributed by atoms with Gasteiger partial charge in [-0.3, -0.25) is 4.90 Å². The van der Waals surface area contributed by atoms with Gasteiger partial charge in [-0.05, 0) is 53.6 Å². The second-order valence-electron chi connectivity index (χ2n) is 8.27. The van der Waals surface area contributed by atoms with Gasteiger partial charge in [0.15, 0.2) is 0 Å². The fourth-order valence-electron chi connectivity index (χ4n) is 5.03. The third-order valence-corrected chi connectivity index (χ3v) is 6.52. The van der Waals surface area contributed by atoms with Crippen LogP contribution in [0.5, 0.6) is 5.75 Å². The number of benzene rings is 3. The predicted molar refractivity (Wildman–Crippen MR) is 115 cm³/mol. The standard InChI is InChI=1S/C26H24N2O/c1-2-10-21-17-28(26-14-13-18-7-3-5-11-22(18)27-26)23(15-19(21)8-1)25-16-20-9-4-6-12-24(20)29-25/h1-12,23,25-27H,13-16H2. The van der Waals surface area contributed by atoms with Crippen LogP contribution in [0, 0.1) is 6.54 Å². The lowest BCUT2D eigenvalue weighted by atomic mass is 9.88. The Morgan fingerprint density at radius 3 is 2.48 bits per heavy atom. The molecule has 3 aliphatic rings. The van der Waals surface area contributed by atoms with E-state index >= 15 is 0 Å². The molecule has 0 fully saturated rings. The highest BCUT2D eigenvalue weighted by molar-refractivity contribution is 5.54. The molecule has 0 aromatic heterocycles. The Kier molecular flexibility index (Phi) is 4.09. The molecule has 29 heavy (non-hydrogen) atoms. The molecule has 0 saturated carbocycles. The Morgan fingerprint density at radius 2 is 1.59 bits per heavy atom. The normalized spacial score (nSPS) is 25.3. The maximum absolute atomic E-state index is 6.44. The van der Waals surface area contributed by atoms with Crippen LogP contribution in [0.4, 0.5) is 5.69 Å². The van der Waals surface area contributed by atoms with Crippen molar-refractivity contribution in [3.05, 3.63) is 102 Å². The first-order valence-electron chi connectivity index (χ1n) is 10.6. The van der Waals surface area contributed by atoms with Crippen LogP contribution in [0.25, 0.3) is 0 Å². The summed E-state index contributed by atoms with van der Waals surface area (Å²) in [5.74, 6) is 1.04. The van der Waals surface area contributed by atoms with E-state index in [1.165, 1.54) is 27.9 Å². The third-order valence-electron chi connectivity index (χ3n) is 6.52. The summed E-state index contributed by atoms with van der Waals surface area (Å²) < 4.78 is 6.44. The van der Waals surface area contributed by atoms with Gasteiger partial charge in [0, 0.05) is 12.1 Å². The fraction of sp³-hybridized carbons (Fsp3) is 0.269. The molecule has 0 saturated heterocycles. The smallest absolute Gasteiger partial charge is 0.123 e. The van der Waals surface area contributed by atoms with Gasteiger partial charge >= 0.3 is 0 Å². The van der Waals surface area contributed by atoms with Crippen molar-refractivity contribution in [2.24, 2.45) is 0 Å².